The molecule has 0 fully saturated rings. The fraction of sp³-hybridized carbons (Fsp3) is 0.188. The number of rotatable bonds is 5. The minimum absolute atomic E-state index is 0.0842. The van der Waals surface area contributed by atoms with E-state index in [-0.39, 0.29) is 30.4 Å². The van der Waals surface area contributed by atoms with Crippen molar-refractivity contribution in [1.29, 1.82) is 0 Å². The molecular weight excluding hydrogens is 287 g/mol. The zero-order valence-corrected chi connectivity index (χ0v) is 12.0. The van der Waals surface area contributed by atoms with Crippen LogP contribution in [0.1, 0.15) is 16.7 Å². The Hall–Kier alpha value is -2.76. The molecule has 0 saturated carbocycles. The Morgan fingerprint density at radius 2 is 2.00 bits per heavy atom. The Balaban J connectivity index is 1.99. The summed E-state index contributed by atoms with van der Waals surface area (Å²) < 4.78 is 13.4. The third kappa shape index (κ3) is 3.88. The van der Waals surface area contributed by atoms with E-state index in [2.05, 4.69) is 5.32 Å². The van der Waals surface area contributed by atoms with Crippen molar-refractivity contribution < 1.29 is 14.1 Å². The van der Waals surface area contributed by atoms with Gasteiger partial charge in [0.2, 0.25) is 5.91 Å². The van der Waals surface area contributed by atoms with Crippen molar-refractivity contribution in [2.45, 2.75) is 19.9 Å². The van der Waals surface area contributed by atoms with Crippen LogP contribution in [0.5, 0.6) is 0 Å². The third-order valence-corrected chi connectivity index (χ3v) is 3.27. The quantitative estimate of drug-likeness (QED) is 0.682. The number of nitro groups is 1. The number of nitrogens with zero attached hydrogens (tertiary/aromatic N) is 1. The van der Waals surface area contributed by atoms with Crippen LogP contribution in [0.4, 0.5) is 10.1 Å². The maximum Gasteiger partial charge on any atom is 0.273 e. The number of aryl methyl sites for hydroxylation is 1. The molecule has 0 aliphatic carbocycles. The molecule has 114 valence electrons. The molecule has 22 heavy (non-hydrogen) atoms. The lowest BCUT2D eigenvalue weighted by atomic mass is 10.1. The highest BCUT2D eigenvalue weighted by Crippen LogP contribution is 2.18. The van der Waals surface area contributed by atoms with Gasteiger partial charge in [-0.15, -0.1) is 0 Å². The summed E-state index contributed by atoms with van der Waals surface area (Å²) in [6, 6.07) is 10.8. The molecule has 0 spiro atoms. The zero-order valence-electron chi connectivity index (χ0n) is 12.0. The number of hydrogen-bond donors (Lipinski definition) is 1. The van der Waals surface area contributed by atoms with Gasteiger partial charge in [0.1, 0.15) is 5.82 Å². The molecule has 0 aliphatic heterocycles. The minimum atomic E-state index is -0.516. The van der Waals surface area contributed by atoms with Gasteiger partial charge in [-0.25, -0.2) is 4.39 Å². The van der Waals surface area contributed by atoms with Gasteiger partial charge in [-0.05, 0) is 24.1 Å². The van der Waals surface area contributed by atoms with E-state index in [0.29, 0.717) is 16.7 Å². The van der Waals surface area contributed by atoms with E-state index in [1.54, 1.807) is 37.3 Å². The molecule has 0 atom stereocenters. The fourth-order valence-electron chi connectivity index (χ4n) is 2.02. The molecule has 2 rings (SSSR count). The molecule has 6 heteroatoms. The van der Waals surface area contributed by atoms with Gasteiger partial charge in [-0.2, -0.15) is 0 Å². The molecule has 0 bridgehead atoms. The lowest BCUT2D eigenvalue weighted by Crippen LogP contribution is -2.24. The predicted octanol–water partition coefficient (Wildman–Crippen LogP) is 2.90. The first-order valence-corrected chi connectivity index (χ1v) is 6.71. The molecule has 5 nitrogen and oxygen atoms in total. The number of hydrogen-bond acceptors (Lipinski definition) is 3. The molecule has 0 unspecified atom stereocenters. The molecule has 2 aromatic carbocycles. The number of benzene rings is 2. The third-order valence-electron chi connectivity index (χ3n) is 3.27. The Morgan fingerprint density at radius 3 is 2.68 bits per heavy atom. The van der Waals surface area contributed by atoms with E-state index in [1.165, 1.54) is 12.1 Å². The summed E-state index contributed by atoms with van der Waals surface area (Å²) in [5.41, 5.74) is 1.44. The van der Waals surface area contributed by atoms with Crippen LogP contribution in [0, 0.1) is 22.9 Å². The van der Waals surface area contributed by atoms with Crippen LogP contribution in [0.25, 0.3) is 0 Å². The van der Waals surface area contributed by atoms with Crippen molar-refractivity contribution >= 4 is 11.6 Å². The van der Waals surface area contributed by atoms with Gasteiger partial charge < -0.3 is 5.32 Å². The summed E-state index contributed by atoms with van der Waals surface area (Å²) in [7, 11) is 0. The fourth-order valence-corrected chi connectivity index (χ4v) is 2.02. The summed E-state index contributed by atoms with van der Waals surface area (Å²) in [6.07, 6.45) is -0.0918. The van der Waals surface area contributed by atoms with E-state index in [0.717, 1.165) is 0 Å². The molecule has 0 radical (unpaired) electrons. The molecular formula is C16H15FN2O3. The summed E-state index contributed by atoms with van der Waals surface area (Å²) in [5, 5.41) is 13.5. The number of nitrogens with one attached hydrogen (secondary N) is 1. The average molecular weight is 302 g/mol. The van der Waals surface area contributed by atoms with E-state index < -0.39 is 4.92 Å². The van der Waals surface area contributed by atoms with Gasteiger partial charge in [0.05, 0.1) is 11.3 Å². The molecule has 0 aromatic heterocycles. The van der Waals surface area contributed by atoms with Crippen molar-refractivity contribution in [3.05, 3.63) is 75.1 Å². The Labute approximate surface area is 126 Å². The standard InChI is InChI=1S/C16H15FN2O3/c1-11-6-7-12(8-14(11)17)10-18-16(20)9-13-4-2-3-5-15(13)19(21)22/h2-8H,9-10H2,1H3,(H,18,20). The summed E-state index contributed by atoms with van der Waals surface area (Å²) >= 11 is 0. The van der Waals surface area contributed by atoms with Crippen LogP contribution in [0.2, 0.25) is 0 Å². The Bertz CT molecular complexity index is 716. The lowest BCUT2D eigenvalue weighted by molar-refractivity contribution is -0.385. The minimum Gasteiger partial charge on any atom is -0.352 e. The van der Waals surface area contributed by atoms with Gasteiger partial charge >= 0.3 is 0 Å². The Kier molecular flexibility index (Phi) is 4.83. The zero-order chi connectivity index (χ0) is 16.1. The van der Waals surface area contributed by atoms with Crippen molar-refractivity contribution in [2.24, 2.45) is 0 Å². The highest BCUT2D eigenvalue weighted by molar-refractivity contribution is 5.79. The van der Waals surface area contributed by atoms with Crippen LogP contribution >= 0.6 is 0 Å². The molecule has 1 N–H and O–H groups in total. The van der Waals surface area contributed by atoms with E-state index >= 15 is 0 Å². The second kappa shape index (κ2) is 6.80. The highest BCUT2D eigenvalue weighted by atomic mass is 19.1. The monoisotopic (exact) mass is 302 g/mol. The van der Waals surface area contributed by atoms with Crippen LogP contribution in [-0.2, 0) is 17.8 Å². The van der Waals surface area contributed by atoms with E-state index in [1.807, 2.05) is 0 Å². The van der Waals surface area contributed by atoms with E-state index in [9.17, 15) is 19.3 Å². The maximum atomic E-state index is 13.4. The first-order chi connectivity index (χ1) is 10.5. The summed E-state index contributed by atoms with van der Waals surface area (Å²) in [4.78, 5) is 22.3. The van der Waals surface area contributed by atoms with Gasteiger partial charge in [0.15, 0.2) is 0 Å². The maximum absolute atomic E-state index is 13.4. The van der Waals surface area contributed by atoms with Crippen molar-refractivity contribution in [2.75, 3.05) is 0 Å². The summed E-state index contributed by atoms with van der Waals surface area (Å²) in [5.74, 6) is -0.680. The summed E-state index contributed by atoms with van der Waals surface area (Å²) in [6.45, 7) is 1.84. The second-order valence-corrected chi connectivity index (χ2v) is 4.92. The molecule has 0 aliphatic rings. The topological polar surface area (TPSA) is 72.2 Å². The van der Waals surface area contributed by atoms with Gasteiger partial charge in [-0.1, -0.05) is 30.3 Å². The van der Waals surface area contributed by atoms with E-state index in [4.69, 9.17) is 0 Å². The Morgan fingerprint density at radius 1 is 1.27 bits per heavy atom. The van der Waals surface area contributed by atoms with Gasteiger partial charge in [-0.3, -0.25) is 14.9 Å². The number of carbonyl (C=O) groups is 1. The molecule has 0 saturated heterocycles. The largest absolute Gasteiger partial charge is 0.352 e. The number of nitro benzene ring substituents is 1. The number of halogens is 1. The molecule has 0 heterocycles. The lowest BCUT2D eigenvalue weighted by Gasteiger charge is -2.07. The first-order valence-electron chi connectivity index (χ1n) is 6.71. The normalized spacial score (nSPS) is 10.3. The first kappa shape index (κ1) is 15.6. The highest BCUT2D eigenvalue weighted by Gasteiger charge is 2.15. The van der Waals surface area contributed by atoms with Gasteiger partial charge in [0, 0.05) is 18.2 Å². The number of para-hydroxylation sites is 1. The smallest absolute Gasteiger partial charge is 0.273 e. The van der Waals surface area contributed by atoms with Crippen LogP contribution in [-0.4, -0.2) is 10.8 Å². The van der Waals surface area contributed by atoms with Crippen molar-refractivity contribution in [1.82, 2.24) is 5.32 Å². The van der Waals surface area contributed by atoms with Crippen molar-refractivity contribution in [3.8, 4) is 0 Å². The SMILES string of the molecule is Cc1ccc(CNC(=O)Cc2ccccc2[N+](=O)[O-])cc1F. The van der Waals surface area contributed by atoms with Crippen LogP contribution in [0.3, 0.4) is 0 Å². The van der Waals surface area contributed by atoms with Crippen LogP contribution < -0.4 is 5.32 Å². The van der Waals surface area contributed by atoms with Crippen LogP contribution in [0.15, 0.2) is 42.5 Å². The number of carbonyl (C=O) groups excluding carboxylic acids is 1. The number of amides is 1. The van der Waals surface area contributed by atoms with Crippen molar-refractivity contribution in [3.63, 3.8) is 0 Å². The molecule has 1 amide bonds. The molecule has 2 aromatic rings. The average Bonchev–Trinajstić information content (AvgIpc) is 2.49. The van der Waals surface area contributed by atoms with Gasteiger partial charge in [0.25, 0.3) is 5.69 Å². The second-order valence-electron chi connectivity index (χ2n) is 4.92. The predicted molar refractivity (Wildman–Crippen MR) is 79.8 cm³/mol.